The lowest BCUT2D eigenvalue weighted by atomic mass is 10.1. The summed E-state index contributed by atoms with van der Waals surface area (Å²) >= 11 is 12.2. The van der Waals surface area contributed by atoms with Crippen molar-refractivity contribution in [3.05, 3.63) is 93.7 Å². The van der Waals surface area contributed by atoms with Crippen molar-refractivity contribution in [3.63, 3.8) is 0 Å². The Bertz CT molecular complexity index is 1470. The Morgan fingerprint density at radius 2 is 1.62 bits per heavy atom. The number of nitrogens with one attached hydrogen (secondary N) is 1. The van der Waals surface area contributed by atoms with Crippen LogP contribution in [0.3, 0.4) is 0 Å². The first-order valence-electron chi connectivity index (χ1n) is 12.7. The van der Waals surface area contributed by atoms with Crippen LogP contribution in [0.4, 0.5) is 10.1 Å². The molecule has 2 amide bonds. The summed E-state index contributed by atoms with van der Waals surface area (Å²) in [6, 6.07) is 15.0. The molecule has 1 N–H and O–H groups in total. The van der Waals surface area contributed by atoms with E-state index in [1.807, 2.05) is 13.8 Å². The van der Waals surface area contributed by atoms with E-state index in [2.05, 4.69) is 5.32 Å². The third-order valence-corrected chi connectivity index (χ3v) is 9.03. The van der Waals surface area contributed by atoms with Gasteiger partial charge in [-0.1, -0.05) is 66.0 Å². The van der Waals surface area contributed by atoms with Crippen molar-refractivity contribution >= 4 is 50.7 Å². The summed E-state index contributed by atoms with van der Waals surface area (Å²) in [7, 11) is -4.37. The van der Waals surface area contributed by atoms with E-state index in [1.165, 1.54) is 35.2 Å². The molecule has 0 aliphatic rings. The molecule has 2 atom stereocenters. The van der Waals surface area contributed by atoms with E-state index in [0.717, 1.165) is 15.9 Å². The molecule has 0 aliphatic heterocycles. The van der Waals surface area contributed by atoms with E-state index in [4.69, 9.17) is 23.2 Å². The van der Waals surface area contributed by atoms with Crippen LogP contribution in [0.5, 0.6) is 0 Å². The second kappa shape index (κ2) is 13.5. The Kier molecular flexibility index (Phi) is 10.6. The third-order valence-electron chi connectivity index (χ3n) is 6.51. The molecule has 7 nitrogen and oxygen atoms in total. The Morgan fingerprint density at radius 1 is 0.975 bits per heavy atom. The normalized spacial score (nSPS) is 12.9. The molecule has 0 fully saturated rings. The number of para-hydroxylation sites is 1. The third kappa shape index (κ3) is 7.53. The largest absolute Gasteiger partial charge is 0.352 e. The van der Waals surface area contributed by atoms with Crippen molar-refractivity contribution in [2.75, 3.05) is 10.8 Å². The average molecular weight is 609 g/mol. The second-order valence-electron chi connectivity index (χ2n) is 9.54. The van der Waals surface area contributed by atoms with Crippen molar-refractivity contribution in [1.82, 2.24) is 10.2 Å². The van der Waals surface area contributed by atoms with E-state index in [-0.39, 0.29) is 28.2 Å². The molecule has 214 valence electrons. The lowest BCUT2D eigenvalue weighted by Crippen LogP contribution is -2.52. The van der Waals surface area contributed by atoms with Crippen LogP contribution in [0.25, 0.3) is 0 Å². The Hall–Kier alpha value is -3.14. The molecule has 0 spiro atoms. The van der Waals surface area contributed by atoms with Crippen LogP contribution >= 0.6 is 23.2 Å². The number of carbonyl (C=O) groups excluding carboxylic acids is 2. The molecule has 0 saturated carbocycles. The van der Waals surface area contributed by atoms with E-state index < -0.39 is 40.2 Å². The molecule has 3 aromatic rings. The van der Waals surface area contributed by atoms with Gasteiger partial charge in [-0.2, -0.15) is 0 Å². The molecule has 0 bridgehead atoms. The van der Waals surface area contributed by atoms with Gasteiger partial charge in [-0.3, -0.25) is 13.9 Å². The molecule has 0 aromatic heterocycles. The maximum atomic E-state index is 15.0. The molecule has 0 radical (unpaired) electrons. The van der Waals surface area contributed by atoms with Gasteiger partial charge >= 0.3 is 0 Å². The summed E-state index contributed by atoms with van der Waals surface area (Å²) in [5, 5.41) is 3.44. The zero-order valence-corrected chi connectivity index (χ0v) is 25.0. The summed E-state index contributed by atoms with van der Waals surface area (Å²) in [5.74, 6) is -1.94. The van der Waals surface area contributed by atoms with Gasteiger partial charge in [-0.05, 0) is 69.2 Å². The number of hydrogen-bond donors (Lipinski definition) is 1. The molecule has 40 heavy (non-hydrogen) atoms. The number of rotatable bonds is 11. The van der Waals surface area contributed by atoms with Crippen LogP contribution in [0.1, 0.15) is 38.3 Å². The van der Waals surface area contributed by atoms with Crippen LogP contribution in [0, 0.1) is 12.7 Å². The highest BCUT2D eigenvalue weighted by Crippen LogP contribution is 2.28. The van der Waals surface area contributed by atoms with Crippen LogP contribution in [0.2, 0.25) is 10.0 Å². The number of halogens is 3. The summed E-state index contributed by atoms with van der Waals surface area (Å²) < 4.78 is 43.2. The second-order valence-corrected chi connectivity index (χ2v) is 12.2. The highest BCUT2D eigenvalue weighted by Gasteiger charge is 2.33. The number of hydrogen-bond acceptors (Lipinski definition) is 4. The fourth-order valence-corrected chi connectivity index (χ4v) is 5.63. The van der Waals surface area contributed by atoms with Gasteiger partial charge < -0.3 is 10.2 Å². The Balaban J connectivity index is 2.05. The van der Waals surface area contributed by atoms with Crippen LogP contribution in [-0.2, 0) is 26.2 Å². The Morgan fingerprint density at radius 3 is 2.23 bits per heavy atom. The minimum atomic E-state index is -4.37. The first-order valence-corrected chi connectivity index (χ1v) is 14.9. The van der Waals surface area contributed by atoms with Crippen LogP contribution in [0.15, 0.2) is 71.6 Å². The predicted molar refractivity (Wildman–Crippen MR) is 156 cm³/mol. The van der Waals surface area contributed by atoms with Gasteiger partial charge in [0.1, 0.15) is 18.4 Å². The standard InChI is InChI=1S/C29H32Cl2FN3O4S/c1-5-20(3)33-29(37)21(4)34(17-22-12-15-24(30)25(31)16-22)28(36)18-35(27-9-7-6-8-26(27)32)40(38,39)23-13-10-19(2)11-14-23/h6-16,20-21H,5,17-18H2,1-4H3,(H,33,37)/t20-,21-/m1/s1. The summed E-state index contributed by atoms with van der Waals surface area (Å²) in [5.41, 5.74) is 1.12. The molecular weight excluding hydrogens is 576 g/mol. The summed E-state index contributed by atoms with van der Waals surface area (Å²) in [4.78, 5) is 28.1. The lowest BCUT2D eigenvalue weighted by molar-refractivity contribution is -0.139. The number of nitrogens with zero attached hydrogens (tertiary/aromatic N) is 2. The van der Waals surface area contributed by atoms with E-state index in [1.54, 1.807) is 44.2 Å². The van der Waals surface area contributed by atoms with Gasteiger partial charge in [0, 0.05) is 12.6 Å². The first kappa shape index (κ1) is 31.4. The predicted octanol–water partition coefficient (Wildman–Crippen LogP) is 5.97. The number of benzene rings is 3. The number of amides is 2. The molecule has 3 rings (SSSR count). The van der Waals surface area contributed by atoms with Gasteiger partial charge in [-0.25, -0.2) is 12.8 Å². The molecule has 11 heteroatoms. The van der Waals surface area contributed by atoms with Crippen LogP contribution < -0.4 is 9.62 Å². The maximum Gasteiger partial charge on any atom is 0.264 e. The minimum absolute atomic E-state index is 0.0689. The van der Waals surface area contributed by atoms with E-state index in [9.17, 15) is 22.4 Å². The minimum Gasteiger partial charge on any atom is -0.352 e. The molecule has 0 saturated heterocycles. The topological polar surface area (TPSA) is 86.8 Å². The molecule has 3 aromatic carbocycles. The highest BCUT2D eigenvalue weighted by molar-refractivity contribution is 7.92. The van der Waals surface area contributed by atoms with Crippen molar-refractivity contribution in [2.45, 2.75) is 57.6 Å². The number of carbonyl (C=O) groups is 2. The molecule has 0 aliphatic carbocycles. The quantitative estimate of drug-likeness (QED) is 0.291. The Labute approximate surface area is 244 Å². The van der Waals surface area contributed by atoms with Gasteiger partial charge in [0.15, 0.2) is 0 Å². The summed E-state index contributed by atoms with van der Waals surface area (Å²) in [6.45, 7) is 6.29. The van der Waals surface area contributed by atoms with Gasteiger partial charge in [0.05, 0.1) is 20.6 Å². The molecule has 0 heterocycles. The average Bonchev–Trinajstić information content (AvgIpc) is 2.92. The fraction of sp³-hybridized carbons (Fsp3) is 0.310. The van der Waals surface area contributed by atoms with Crippen molar-refractivity contribution < 1.29 is 22.4 Å². The van der Waals surface area contributed by atoms with Gasteiger partial charge in [0.25, 0.3) is 10.0 Å². The maximum absolute atomic E-state index is 15.0. The van der Waals surface area contributed by atoms with Gasteiger partial charge in [-0.15, -0.1) is 0 Å². The molecular formula is C29H32Cl2FN3O4S. The SMILES string of the molecule is CC[C@@H](C)NC(=O)[C@@H](C)N(Cc1ccc(Cl)c(Cl)c1)C(=O)CN(c1ccccc1F)S(=O)(=O)c1ccc(C)cc1. The van der Waals surface area contributed by atoms with Crippen molar-refractivity contribution in [3.8, 4) is 0 Å². The number of sulfonamides is 1. The zero-order chi connectivity index (χ0) is 29.6. The molecule has 0 unspecified atom stereocenters. The van der Waals surface area contributed by atoms with E-state index >= 15 is 0 Å². The fourth-order valence-electron chi connectivity index (χ4n) is 3.89. The van der Waals surface area contributed by atoms with Gasteiger partial charge in [0.2, 0.25) is 11.8 Å². The monoisotopic (exact) mass is 607 g/mol. The number of aryl methyl sites for hydroxylation is 1. The van der Waals surface area contributed by atoms with E-state index in [0.29, 0.717) is 17.0 Å². The number of anilines is 1. The lowest BCUT2D eigenvalue weighted by Gasteiger charge is -2.32. The van der Waals surface area contributed by atoms with Crippen molar-refractivity contribution in [2.24, 2.45) is 0 Å². The highest BCUT2D eigenvalue weighted by atomic mass is 35.5. The smallest absolute Gasteiger partial charge is 0.264 e. The summed E-state index contributed by atoms with van der Waals surface area (Å²) in [6.07, 6.45) is 0.676. The zero-order valence-electron chi connectivity index (χ0n) is 22.7. The van der Waals surface area contributed by atoms with Crippen LogP contribution in [-0.4, -0.2) is 43.8 Å². The van der Waals surface area contributed by atoms with Crippen molar-refractivity contribution in [1.29, 1.82) is 0 Å². The first-order chi connectivity index (χ1) is 18.8.